The molecule has 17 heteroatoms. The van der Waals surface area contributed by atoms with Gasteiger partial charge in [0.25, 0.3) is 5.56 Å². The summed E-state index contributed by atoms with van der Waals surface area (Å²) in [4.78, 5) is 29.7. The van der Waals surface area contributed by atoms with Crippen molar-refractivity contribution < 1.29 is 32.6 Å². The number of benzene rings is 2. The SMILES string of the molecule is CCc1cc2c(=O)n(CCN(C)P(=O)(OCc3ccc([N+](=O)[O-])o3)N(CCCl)CCCl)c3c4cc5c(cc4ncc3c2cc1OC)OCO5. The summed E-state index contributed by atoms with van der Waals surface area (Å²) in [5.41, 5.74) is 1.83. The number of aromatic nitrogens is 2. The van der Waals surface area contributed by atoms with E-state index >= 15 is 0 Å². The van der Waals surface area contributed by atoms with E-state index in [-0.39, 0.29) is 62.7 Å². The summed E-state index contributed by atoms with van der Waals surface area (Å²) in [6.07, 6.45) is 2.38. The zero-order valence-electron chi connectivity index (χ0n) is 27.0. The number of hydrogen-bond donors (Lipinski definition) is 0. The van der Waals surface area contributed by atoms with Crippen molar-refractivity contribution in [1.29, 1.82) is 0 Å². The number of nitrogens with zero attached hydrogens (tertiary/aromatic N) is 5. The van der Waals surface area contributed by atoms with Crippen molar-refractivity contribution in [1.82, 2.24) is 18.9 Å². The summed E-state index contributed by atoms with van der Waals surface area (Å²) in [7, 11) is -0.675. The highest BCUT2D eigenvalue weighted by atomic mass is 35.5. The second kappa shape index (κ2) is 14.5. The van der Waals surface area contributed by atoms with Gasteiger partial charge in [-0.25, -0.2) is 9.34 Å². The van der Waals surface area contributed by atoms with Crippen LogP contribution in [0.5, 0.6) is 17.2 Å². The highest BCUT2D eigenvalue weighted by molar-refractivity contribution is 7.53. The molecule has 1 aliphatic rings. The number of hydrogen-bond acceptors (Lipinski definition) is 10. The average Bonchev–Trinajstić information content (AvgIpc) is 3.78. The molecule has 49 heavy (non-hydrogen) atoms. The van der Waals surface area contributed by atoms with Crippen molar-refractivity contribution in [3.05, 3.63) is 74.4 Å². The lowest BCUT2D eigenvalue weighted by atomic mass is 10.0. The summed E-state index contributed by atoms with van der Waals surface area (Å²) in [5, 5.41) is 13.7. The Morgan fingerprint density at radius 3 is 2.43 bits per heavy atom. The van der Waals surface area contributed by atoms with Gasteiger partial charge in [0.05, 0.1) is 24.2 Å². The second-order valence-electron chi connectivity index (χ2n) is 11.2. The number of aryl methyl sites for hydroxylation is 1. The van der Waals surface area contributed by atoms with Gasteiger partial charge in [0.15, 0.2) is 11.5 Å². The Morgan fingerprint density at radius 2 is 1.78 bits per heavy atom. The molecule has 0 bridgehead atoms. The standard InChI is InChI=1S/C32H34Cl2N5O9P/c1-4-20-13-23-22(14-27(20)44-3)25-17-35-26-16-29-28(45-19-46-29)15-24(26)31(25)38(32(23)40)12-11-36(2)49(43,37(9-7-33)10-8-34)47-18-21-5-6-30(48-21)39(41)42/h5-6,13-17H,4,7-12,18-19H2,1-3H3. The molecule has 1 aliphatic heterocycles. The minimum Gasteiger partial charge on any atom is -0.496 e. The van der Waals surface area contributed by atoms with Gasteiger partial charge in [0.2, 0.25) is 6.79 Å². The van der Waals surface area contributed by atoms with Crippen LogP contribution in [0.1, 0.15) is 18.2 Å². The quantitative estimate of drug-likeness (QED) is 0.0378. The van der Waals surface area contributed by atoms with Crippen LogP contribution in [0.25, 0.3) is 32.6 Å². The van der Waals surface area contributed by atoms with Gasteiger partial charge < -0.3 is 23.2 Å². The number of nitro groups is 1. The molecule has 0 saturated carbocycles. The van der Waals surface area contributed by atoms with E-state index in [9.17, 15) is 19.5 Å². The molecule has 0 spiro atoms. The number of pyridine rings is 2. The van der Waals surface area contributed by atoms with Crippen LogP contribution in [0.15, 0.2) is 51.8 Å². The fourth-order valence-electron chi connectivity index (χ4n) is 6.02. The van der Waals surface area contributed by atoms with Gasteiger partial charge in [-0.05, 0) is 43.3 Å². The van der Waals surface area contributed by atoms with Crippen LogP contribution in [0.3, 0.4) is 0 Å². The van der Waals surface area contributed by atoms with Crippen molar-refractivity contribution >= 4 is 69.3 Å². The first kappa shape index (κ1) is 34.9. The molecule has 0 amide bonds. The lowest BCUT2D eigenvalue weighted by Gasteiger charge is -2.36. The Balaban J connectivity index is 1.46. The molecule has 4 heterocycles. The Bertz CT molecular complexity index is 2150. The third-order valence-electron chi connectivity index (χ3n) is 8.49. The van der Waals surface area contributed by atoms with Crippen molar-refractivity contribution in [2.45, 2.75) is 26.5 Å². The highest BCUT2D eigenvalue weighted by Crippen LogP contribution is 2.54. The van der Waals surface area contributed by atoms with Crippen LogP contribution < -0.4 is 19.8 Å². The molecule has 0 radical (unpaired) electrons. The Labute approximate surface area is 290 Å². The number of ether oxygens (including phenoxy) is 3. The molecule has 1 atom stereocenters. The zero-order chi connectivity index (χ0) is 34.9. The van der Waals surface area contributed by atoms with Crippen LogP contribution in [0, 0.1) is 10.1 Å². The molecule has 2 aromatic carbocycles. The molecular formula is C32H34Cl2N5O9P. The van der Waals surface area contributed by atoms with E-state index in [0.717, 1.165) is 5.56 Å². The van der Waals surface area contributed by atoms with Gasteiger partial charge in [-0.3, -0.25) is 29.0 Å². The van der Waals surface area contributed by atoms with Crippen LogP contribution in [-0.2, 0) is 28.7 Å². The molecule has 260 valence electrons. The van der Waals surface area contributed by atoms with Gasteiger partial charge in [0.1, 0.15) is 23.0 Å². The maximum absolute atomic E-state index is 14.8. The van der Waals surface area contributed by atoms with Gasteiger partial charge in [0, 0.05) is 71.7 Å². The fourth-order valence-corrected chi connectivity index (χ4v) is 8.80. The fraction of sp³-hybridized carbons (Fsp3) is 0.375. The highest BCUT2D eigenvalue weighted by Gasteiger charge is 2.37. The van der Waals surface area contributed by atoms with Crippen molar-refractivity contribution in [2.75, 3.05) is 52.3 Å². The molecule has 6 rings (SSSR count). The minimum absolute atomic E-state index is 0.0723. The summed E-state index contributed by atoms with van der Waals surface area (Å²) in [5.74, 6) is 1.68. The van der Waals surface area contributed by atoms with Gasteiger partial charge in [-0.2, -0.15) is 0 Å². The third-order valence-corrected chi connectivity index (χ3v) is 11.5. The van der Waals surface area contributed by atoms with Gasteiger partial charge in [-0.15, -0.1) is 23.2 Å². The van der Waals surface area contributed by atoms with Gasteiger partial charge in [-0.1, -0.05) is 6.92 Å². The second-order valence-corrected chi connectivity index (χ2v) is 14.5. The normalized spacial score (nSPS) is 14.0. The Morgan fingerprint density at radius 1 is 1.04 bits per heavy atom. The van der Waals surface area contributed by atoms with E-state index < -0.39 is 18.5 Å². The maximum Gasteiger partial charge on any atom is 0.433 e. The number of methoxy groups -OCH3 is 1. The zero-order valence-corrected chi connectivity index (χ0v) is 29.4. The van der Waals surface area contributed by atoms with Gasteiger partial charge >= 0.3 is 13.6 Å². The largest absolute Gasteiger partial charge is 0.496 e. The molecule has 0 saturated heterocycles. The number of likely N-dealkylation sites (N-methyl/N-ethyl adjacent to an activating group) is 1. The summed E-state index contributed by atoms with van der Waals surface area (Å²) in [6, 6.07) is 9.90. The molecule has 0 fully saturated rings. The van der Waals surface area contributed by atoms with Crippen molar-refractivity contribution in [2.24, 2.45) is 0 Å². The Hall–Kier alpha value is -3.91. The monoisotopic (exact) mass is 733 g/mol. The molecule has 1 unspecified atom stereocenters. The third kappa shape index (κ3) is 6.56. The molecule has 3 aromatic heterocycles. The van der Waals surface area contributed by atoms with Crippen molar-refractivity contribution in [3.8, 4) is 17.2 Å². The maximum atomic E-state index is 14.8. The van der Waals surface area contributed by atoms with E-state index in [1.165, 1.54) is 16.8 Å². The molecule has 0 N–H and O–H groups in total. The summed E-state index contributed by atoms with van der Waals surface area (Å²) >= 11 is 12.2. The predicted octanol–water partition coefficient (Wildman–Crippen LogP) is 6.54. The lowest BCUT2D eigenvalue weighted by molar-refractivity contribution is -0.402. The first-order valence-corrected chi connectivity index (χ1v) is 18.1. The van der Waals surface area contributed by atoms with Crippen LogP contribution >= 0.6 is 30.9 Å². The smallest absolute Gasteiger partial charge is 0.433 e. The number of alkyl halides is 2. The predicted molar refractivity (Wildman–Crippen MR) is 186 cm³/mol. The van der Waals surface area contributed by atoms with E-state index in [4.69, 9.17) is 51.3 Å². The van der Waals surface area contributed by atoms with Crippen LogP contribution in [0.2, 0.25) is 0 Å². The van der Waals surface area contributed by atoms with E-state index in [2.05, 4.69) is 0 Å². The number of rotatable bonds is 15. The molecule has 0 aliphatic carbocycles. The average molecular weight is 735 g/mol. The van der Waals surface area contributed by atoms with E-state index in [0.29, 0.717) is 56.2 Å². The first-order chi connectivity index (χ1) is 23.6. The lowest BCUT2D eigenvalue weighted by Crippen LogP contribution is -2.36. The van der Waals surface area contributed by atoms with Crippen LogP contribution in [0.4, 0.5) is 5.88 Å². The number of fused-ring (bicyclic) bond motifs is 6. The summed E-state index contributed by atoms with van der Waals surface area (Å²) < 4.78 is 47.7. The molecule has 5 aromatic rings. The molecule has 14 nitrogen and oxygen atoms in total. The van der Waals surface area contributed by atoms with E-state index in [1.807, 2.05) is 25.1 Å². The first-order valence-electron chi connectivity index (χ1n) is 15.5. The van der Waals surface area contributed by atoms with E-state index in [1.54, 1.807) is 35.7 Å². The summed E-state index contributed by atoms with van der Waals surface area (Å²) in [6.45, 7) is 2.28. The van der Waals surface area contributed by atoms with Crippen molar-refractivity contribution in [3.63, 3.8) is 0 Å². The van der Waals surface area contributed by atoms with Crippen LogP contribution in [-0.4, -0.2) is 76.2 Å². The minimum atomic E-state index is -3.89. The molecular weight excluding hydrogens is 700 g/mol. The number of halogens is 2. The topological polar surface area (TPSA) is 152 Å². The Kier molecular flexibility index (Phi) is 10.4. The number of furan rings is 1.